The predicted octanol–water partition coefficient (Wildman–Crippen LogP) is 2.16. The summed E-state index contributed by atoms with van der Waals surface area (Å²) in [6.45, 7) is -0.233. The molecule has 2 rings (SSSR count). The fraction of sp³-hybridized carbons (Fsp3) is 0.400. The predicted molar refractivity (Wildman–Crippen MR) is 85.2 cm³/mol. The van der Waals surface area contributed by atoms with Gasteiger partial charge in [-0.15, -0.1) is 0 Å². The highest BCUT2D eigenvalue weighted by Gasteiger charge is 2.31. The highest BCUT2D eigenvalue weighted by Crippen LogP contribution is 2.25. The summed E-state index contributed by atoms with van der Waals surface area (Å²) in [6, 6.07) is 1.20. The number of carbonyl (C=O) groups is 3. The van der Waals surface area contributed by atoms with Crippen LogP contribution in [0.4, 0.5) is 4.39 Å². The van der Waals surface area contributed by atoms with Crippen molar-refractivity contribution < 1.29 is 23.5 Å². The molecule has 1 atom stereocenters. The SMILES string of the molecule is NC(=O)[C@H]1CCCCN1C(=O)COC(=O)c1cc(F)c(Cl)cc1Cl. The number of halogens is 3. The molecular formula is C15H15Cl2FN2O4. The van der Waals surface area contributed by atoms with Gasteiger partial charge in [0, 0.05) is 6.54 Å². The Morgan fingerprint density at radius 1 is 1.25 bits per heavy atom. The molecule has 1 fully saturated rings. The second-order valence-electron chi connectivity index (χ2n) is 5.32. The molecule has 1 saturated heterocycles. The van der Waals surface area contributed by atoms with E-state index in [0.717, 1.165) is 25.0 Å². The number of amides is 2. The van der Waals surface area contributed by atoms with Crippen LogP contribution in [0, 0.1) is 5.82 Å². The number of carbonyl (C=O) groups excluding carboxylic acids is 3. The standard InChI is InChI=1S/C15H15Cl2FN2O4/c16-9-6-10(17)11(18)5-8(9)15(23)24-7-13(21)20-4-2-1-3-12(20)14(19)22/h5-6,12H,1-4,7H2,(H2,19,22)/t12-/m1/s1. The summed E-state index contributed by atoms with van der Waals surface area (Å²) in [5.41, 5.74) is 5.04. The molecule has 24 heavy (non-hydrogen) atoms. The molecule has 0 radical (unpaired) electrons. The van der Waals surface area contributed by atoms with E-state index in [2.05, 4.69) is 0 Å². The summed E-state index contributed by atoms with van der Waals surface area (Å²) in [5.74, 6) is -2.93. The van der Waals surface area contributed by atoms with Gasteiger partial charge in [-0.25, -0.2) is 9.18 Å². The Hall–Kier alpha value is -1.86. The molecule has 1 heterocycles. The second kappa shape index (κ2) is 7.81. The summed E-state index contributed by atoms with van der Waals surface area (Å²) in [4.78, 5) is 36.8. The highest BCUT2D eigenvalue weighted by atomic mass is 35.5. The Kier molecular flexibility index (Phi) is 6.01. The molecule has 6 nitrogen and oxygen atoms in total. The lowest BCUT2D eigenvalue weighted by molar-refractivity contribution is -0.143. The normalized spacial score (nSPS) is 17.5. The quantitative estimate of drug-likeness (QED) is 0.643. The lowest BCUT2D eigenvalue weighted by atomic mass is 10.0. The van der Waals surface area contributed by atoms with Crippen LogP contribution in [0.25, 0.3) is 0 Å². The first-order valence-corrected chi connectivity index (χ1v) is 7.97. The third-order valence-corrected chi connectivity index (χ3v) is 4.31. The van der Waals surface area contributed by atoms with Crippen molar-refractivity contribution in [3.05, 3.63) is 33.6 Å². The van der Waals surface area contributed by atoms with Crippen LogP contribution in [-0.2, 0) is 14.3 Å². The molecule has 1 aromatic rings. The van der Waals surface area contributed by atoms with Crippen LogP contribution in [0.2, 0.25) is 10.0 Å². The first-order valence-electron chi connectivity index (χ1n) is 7.21. The Morgan fingerprint density at radius 2 is 1.96 bits per heavy atom. The van der Waals surface area contributed by atoms with Gasteiger partial charge in [-0.05, 0) is 31.4 Å². The minimum Gasteiger partial charge on any atom is -0.452 e. The van der Waals surface area contributed by atoms with Crippen LogP contribution < -0.4 is 5.73 Å². The molecule has 9 heteroatoms. The van der Waals surface area contributed by atoms with E-state index in [0.29, 0.717) is 13.0 Å². The van der Waals surface area contributed by atoms with Gasteiger partial charge in [-0.2, -0.15) is 0 Å². The van der Waals surface area contributed by atoms with Gasteiger partial charge in [0.05, 0.1) is 15.6 Å². The van der Waals surface area contributed by atoms with Gasteiger partial charge in [-0.3, -0.25) is 9.59 Å². The Balaban J connectivity index is 2.02. The number of benzene rings is 1. The number of nitrogens with two attached hydrogens (primary N) is 1. The van der Waals surface area contributed by atoms with E-state index in [-0.39, 0.29) is 15.6 Å². The molecule has 1 aliphatic heterocycles. The third kappa shape index (κ3) is 4.15. The Labute approximate surface area is 147 Å². The minimum absolute atomic E-state index is 0.0909. The van der Waals surface area contributed by atoms with Gasteiger partial charge >= 0.3 is 5.97 Å². The summed E-state index contributed by atoms with van der Waals surface area (Å²) >= 11 is 11.4. The van der Waals surface area contributed by atoms with Gasteiger partial charge in [-0.1, -0.05) is 23.2 Å². The molecule has 130 valence electrons. The maximum Gasteiger partial charge on any atom is 0.340 e. The number of primary amides is 1. The minimum atomic E-state index is -0.962. The molecule has 0 unspecified atom stereocenters. The van der Waals surface area contributed by atoms with Crippen molar-refractivity contribution in [3.63, 3.8) is 0 Å². The zero-order valence-corrected chi connectivity index (χ0v) is 14.1. The van der Waals surface area contributed by atoms with Crippen LogP contribution >= 0.6 is 23.2 Å². The van der Waals surface area contributed by atoms with Crippen molar-refractivity contribution in [2.75, 3.05) is 13.2 Å². The van der Waals surface area contributed by atoms with E-state index >= 15 is 0 Å². The summed E-state index contributed by atoms with van der Waals surface area (Å²) < 4.78 is 18.3. The molecular weight excluding hydrogens is 362 g/mol. The Morgan fingerprint density at radius 3 is 2.62 bits per heavy atom. The van der Waals surface area contributed by atoms with E-state index in [1.54, 1.807) is 0 Å². The van der Waals surface area contributed by atoms with Crippen molar-refractivity contribution in [2.45, 2.75) is 25.3 Å². The summed E-state index contributed by atoms with van der Waals surface area (Å²) in [5, 5.41) is -0.322. The van der Waals surface area contributed by atoms with Crippen molar-refractivity contribution in [1.82, 2.24) is 4.90 Å². The van der Waals surface area contributed by atoms with E-state index in [1.165, 1.54) is 4.90 Å². The number of hydrogen-bond donors (Lipinski definition) is 1. The van der Waals surface area contributed by atoms with Crippen LogP contribution in [0.5, 0.6) is 0 Å². The summed E-state index contributed by atoms with van der Waals surface area (Å²) in [7, 11) is 0. The number of piperidine rings is 1. The lowest BCUT2D eigenvalue weighted by Gasteiger charge is -2.33. The van der Waals surface area contributed by atoms with E-state index in [9.17, 15) is 18.8 Å². The Bertz CT molecular complexity index is 684. The molecule has 1 aromatic carbocycles. The fourth-order valence-electron chi connectivity index (χ4n) is 2.49. The number of likely N-dealkylation sites (tertiary alicyclic amines) is 1. The van der Waals surface area contributed by atoms with Crippen molar-refractivity contribution in [1.29, 1.82) is 0 Å². The molecule has 0 aromatic heterocycles. The van der Waals surface area contributed by atoms with Crippen LogP contribution in [-0.4, -0.2) is 41.9 Å². The number of ether oxygens (including phenoxy) is 1. The first-order chi connectivity index (χ1) is 11.3. The largest absolute Gasteiger partial charge is 0.452 e. The van der Waals surface area contributed by atoms with E-state index < -0.39 is 36.2 Å². The van der Waals surface area contributed by atoms with Crippen molar-refractivity contribution in [2.24, 2.45) is 5.73 Å². The number of rotatable bonds is 4. The topological polar surface area (TPSA) is 89.7 Å². The molecule has 1 aliphatic rings. The van der Waals surface area contributed by atoms with Gasteiger partial charge < -0.3 is 15.4 Å². The van der Waals surface area contributed by atoms with Gasteiger partial charge in [0.25, 0.3) is 5.91 Å². The maximum atomic E-state index is 13.4. The number of esters is 1. The average molecular weight is 377 g/mol. The van der Waals surface area contributed by atoms with Crippen molar-refractivity contribution >= 4 is 41.0 Å². The smallest absolute Gasteiger partial charge is 0.340 e. The van der Waals surface area contributed by atoms with Crippen LogP contribution in [0.15, 0.2) is 12.1 Å². The molecule has 0 bridgehead atoms. The lowest BCUT2D eigenvalue weighted by Crippen LogP contribution is -2.51. The van der Waals surface area contributed by atoms with Crippen LogP contribution in [0.3, 0.4) is 0 Å². The zero-order chi connectivity index (χ0) is 17.9. The van der Waals surface area contributed by atoms with Gasteiger partial charge in [0.2, 0.25) is 5.91 Å². The van der Waals surface area contributed by atoms with E-state index in [1.807, 2.05) is 0 Å². The molecule has 0 spiro atoms. The zero-order valence-electron chi connectivity index (χ0n) is 12.6. The first kappa shape index (κ1) is 18.5. The summed E-state index contributed by atoms with van der Waals surface area (Å²) in [6.07, 6.45) is 2.00. The third-order valence-electron chi connectivity index (χ3n) is 3.71. The van der Waals surface area contributed by atoms with Gasteiger partial charge in [0.15, 0.2) is 6.61 Å². The van der Waals surface area contributed by atoms with Crippen molar-refractivity contribution in [3.8, 4) is 0 Å². The number of nitrogens with zero attached hydrogens (tertiary/aromatic N) is 1. The molecule has 2 amide bonds. The second-order valence-corrected chi connectivity index (χ2v) is 6.14. The molecule has 0 aliphatic carbocycles. The highest BCUT2D eigenvalue weighted by molar-refractivity contribution is 6.36. The van der Waals surface area contributed by atoms with Gasteiger partial charge in [0.1, 0.15) is 11.9 Å². The number of hydrogen-bond acceptors (Lipinski definition) is 4. The molecule has 2 N–H and O–H groups in total. The average Bonchev–Trinajstić information content (AvgIpc) is 2.55. The molecule has 0 saturated carbocycles. The fourth-order valence-corrected chi connectivity index (χ4v) is 2.95. The van der Waals surface area contributed by atoms with Crippen LogP contribution in [0.1, 0.15) is 29.6 Å². The maximum absolute atomic E-state index is 13.4. The monoisotopic (exact) mass is 376 g/mol. The van der Waals surface area contributed by atoms with E-state index in [4.69, 9.17) is 33.7 Å².